The molecular weight excluding hydrogens is 434 g/mol. The molecule has 0 bridgehead atoms. The van der Waals surface area contributed by atoms with Crippen molar-refractivity contribution in [2.24, 2.45) is 0 Å². The summed E-state index contributed by atoms with van der Waals surface area (Å²) >= 11 is 1.04. The summed E-state index contributed by atoms with van der Waals surface area (Å²) in [6.07, 6.45) is 2.55. The third kappa shape index (κ3) is 6.05. The van der Waals surface area contributed by atoms with Gasteiger partial charge in [0, 0.05) is 6.54 Å². The van der Waals surface area contributed by atoms with Crippen molar-refractivity contribution in [3.63, 3.8) is 0 Å². The van der Waals surface area contributed by atoms with E-state index in [-0.39, 0.29) is 21.7 Å². The van der Waals surface area contributed by atoms with Gasteiger partial charge in [-0.05, 0) is 36.1 Å². The first-order valence-corrected chi connectivity index (χ1v) is 12.2. The van der Waals surface area contributed by atoms with Crippen molar-refractivity contribution < 1.29 is 13.2 Å². The van der Waals surface area contributed by atoms with E-state index in [2.05, 4.69) is 15.3 Å². The van der Waals surface area contributed by atoms with Gasteiger partial charge in [-0.1, -0.05) is 61.2 Å². The number of amides is 1. The van der Waals surface area contributed by atoms with Crippen LogP contribution in [-0.4, -0.2) is 36.6 Å². The smallest absolute Gasteiger partial charge is 0.270 e. The van der Waals surface area contributed by atoms with Crippen molar-refractivity contribution in [3.05, 3.63) is 82.3 Å². The van der Waals surface area contributed by atoms with E-state index in [1.807, 2.05) is 37.3 Å². The molecule has 0 aliphatic heterocycles. The molecule has 0 saturated heterocycles. The molecule has 9 heteroatoms. The molecule has 2 N–H and O–H groups in total. The van der Waals surface area contributed by atoms with Crippen LogP contribution in [0.1, 0.15) is 18.1 Å². The number of rotatable bonds is 9. The van der Waals surface area contributed by atoms with Crippen LogP contribution in [0.25, 0.3) is 0 Å². The molecule has 1 aromatic heterocycles. The van der Waals surface area contributed by atoms with Gasteiger partial charge in [0.05, 0.1) is 16.8 Å². The molecule has 3 rings (SSSR count). The SMILES string of the molecule is CCc1ccc(S(=O)(=O)c2cnc(SCC(=O)NCCc3ccccc3)[nH]c2=O)cc1. The number of H-pyrrole nitrogens is 1. The highest BCUT2D eigenvalue weighted by atomic mass is 32.2. The highest BCUT2D eigenvalue weighted by Gasteiger charge is 2.22. The summed E-state index contributed by atoms with van der Waals surface area (Å²) in [7, 11) is -3.98. The molecule has 162 valence electrons. The fraction of sp³-hybridized carbons (Fsp3) is 0.227. The third-order valence-electron chi connectivity index (χ3n) is 4.59. The first-order valence-electron chi connectivity index (χ1n) is 9.77. The normalized spacial score (nSPS) is 11.3. The minimum absolute atomic E-state index is 0.0372. The Kier molecular flexibility index (Phi) is 7.64. The lowest BCUT2D eigenvalue weighted by Crippen LogP contribution is -2.27. The van der Waals surface area contributed by atoms with E-state index in [1.165, 1.54) is 12.1 Å². The van der Waals surface area contributed by atoms with E-state index in [9.17, 15) is 18.0 Å². The Bertz CT molecular complexity index is 1190. The molecule has 2 aromatic carbocycles. The average molecular weight is 458 g/mol. The number of aryl methyl sites for hydroxylation is 1. The number of aromatic amines is 1. The predicted octanol–water partition coefficient (Wildman–Crippen LogP) is 2.62. The average Bonchev–Trinajstić information content (AvgIpc) is 2.78. The Labute approximate surface area is 185 Å². The summed E-state index contributed by atoms with van der Waals surface area (Å²) in [5.74, 6) is -0.140. The van der Waals surface area contributed by atoms with Crippen molar-refractivity contribution in [2.75, 3.05) is 12.3 Å². The van der Waals surface area contributed by atoms with Crippen LogP contribution >= 0.6 is 11.8 Å². The maximum Gasteiger partial charge on any atom is 0.270 e. The molecule has 7 nitrogen and oxygen atoms in total. The molecule has 0 unspecified atom stereocenters. The van der Waals surface area contributed by atoms with Gasteiger partial charge >= 0.3 is 0 Å². The van der Waals surface area contributed by atoms with Gasteiger partial charge in [0.2, 0.25) is 15.7 Å². The Morgan fingerprint density at radius 3 is 2.42 bits per heavy atom. The van der Waals surface area contributed by atoms with E-state index >= 15 is 0 Å². The molecule has 0 aliphatic rings. The molecule has 1 heterocycles. The zero-order chi connectivity index (χ0) is 22.3. The van der Waals surface area contributed by atoms with Crippen LogP contribution in [0.2, 0.25) is 0 Å². The van der Waals surface area contributed by atoms with E-state index in [0.717, 1.165) is 41.9 Å². The Hall–Kier alpha value is -2.91. The van der Waals surface area contributed by atoms with Crippen LogP contribution in [-0.2, 0) is 27.5 Å². The molecule has 0 radical (unpaired) electrons. The quantitative estimate of drug-likeness (QED) is 0.378. The van der Waals surface area contributed by atoms with Crippen LogP contribution < -0.4 is 10.9 Å². The summed E-state index contributed by atoms with van der Waals surface area (Å²) in [5, 5.41) is 2.99. The van der Waals surface area contributed by atoms with E-state index in [0.29, 0.717) is 6.54 Å². The molecule has 1 amide bonds. The molecule has 0 atom stereocenters. The molecular formula is C22H23N3O4S2. The molecule has 0 fully saturated rings. The summed E-state index contributed by atoms with van der Waals surface area (Å²) in [6.45, 7) is 2.47. The Balaban J connectivity index is 1.58. The zero-order valence-electron chi connectivity index (χ0n) is 17.0. The lowest BCUT2D eigenvalue weighted by molar-refractivity contribution is -0.118. The fourth-order valence-electron chi connectivity index (χ4n) is 2.84. The van der Waals surface area contributed by atoms with E-state index in [1.54, 1.807) is 12.1 Å². The van der Waals surface area contributed by atoms with Crippen LogP contribution in [0.4, 0.5) is 0 Å². The first-order chi connectivity index (χ1) is 14.9. The van der Waals surface area contributed by atoms with Crippen molar-refractivity contribution in [3.8, 4) is 0 Å². The maximum atomic E-state index is 12.7. The number of sulfone groups is 1. The van der Waals surface area contributed by atoms with E-state index < -0.39 is 20.3 Å². The molecule has 0 saturated carbocycles. The zero-order valence-corrected chi connectivity index (χ0v) is 18.6. The van der Waals surface area contributed by atoms with Gasteiger partial charge in [-0.15, -0.1) is 0 Å². The highest BCUT2D eigenvalue weighted by molar-refractivity contribution is 7.99. The number of benzene rings is 2. The third-order valence-corrected chi connectivity index (χ3v) is 7.24. The lowest BCUT2D eigenvalue weighted by atomic mass is 10.1. The number of hydrogen-bond donors (Lipinski definition) is 2. The van der Waals surface area contributed by atoms with Crippen molar-refractivity contribution in [1.29, 1.82) is 0 Å². The summed E-state index contributed by atoms with van der Waals surface area (Å²) < 4.78 is 25.5. The Morgan fingerprint density at radius 2 is 1.77 bits per heavy atom. The number of aromatic nitrogens is 2. The molecule has 0 spiro atoms. The number of thioether (sulfide) groups is 1. The molecule has 31 heavy (non-hydrogen) atoms. The Morgan fingerprint density at radius 1 is 1.06 bits per heavy atom. The second-order valence-corrected chi connectivity index (χ2v) is 9.64. The summed E-state index contributed by atoms with van der Waals surface area (Å²) in [5.41, 5.74) is 1.36. The van der Waals surface area contributed by atoms with Crippen molar-refractivity contribution >= 4 is 27.5 Å². The second-order valence-electron chi connectivity index (χ2n) is 6.76. The van der Waals surface area contributed by atoms with Gasteiger partial charge in [-0.25, -0.2) is 13.4 Å². The van der Waals surface area contributed by atoms with Crippen molar-refractivity contribution in [2.45, 2.75) is 34.7 Å². The number of nitrogens with one attached hydrogen (secondary N) is 2. The van der Waals surface area contributed by atoms with Crippen LogP contribution in [0.3, 0.4) is 0 Å². The molecule has 3 aromatic rings. The van der Waals surface area contributed by atoms with Gasteiger partial charge in [-0.2, -0.15) is 0 Å². The second kappa shape index (κ2) is 10.4. The lowest BCUT2D eigenvalue weighted by Gasteiger charge is -2.07. The van der Waals surface area contributed by atoms with Gasteiger partial charge < -0.3 is 10.3 Å². The minimum atomic E-state index is -3.98. The maximum absolute atomic E-state index is 12.7. The van der Waals surface area contributed by atoms with E-state index in [4.69, 9.17) is 0 Å². The predicted molar refractivity (Wildman–Crippen MR) is 120 cm³/mol. The highest BCUT2D eigenvalue weighted by Crippen LogP contribution is 2.19. The van der Waals surface area contributed by atoms with Gasteiger partial charge in [0.1, 0.15) is 0 Å². The minimum Gasteiger partial charge on any atom is -0.355 e. The van der Waals surface area contributed by atoms with Crippen LogP contribution in [0.15, 0.2) is 80.5 Å². The largest absolute Gasteiger partial charge is 0.355 e. The van der Waals surface area contributed by atoms with Crippen LogP contribution in [0.5, 0.6) is 0 Å². The number of carbonyl (C=O) groups is 1. The van der Waals surface area contributed by atoms with Gasteiger partial charge in [0.25, 0.3) is 5.56 Å². The molecule has 0 aliphatic carbocycles. The number of hydrogen-bond acceptors (Lipinski definition) is 6. The first kappa shape index (κ1) is 22.8. The monoisotopic (exact) mass is 457 g/mol. The van der Waals surface area contributed by atoms with Gasteiger partial charge in [0.15, 0.2) is 10.1 Å². The summed E-state index contributed by atoms with van der Waals surface area (Å²) in [6, 6.07) is 16.2. The number of nitrogens with zero attached hydrogens (tertiary/aromatic N) is 1. The topological polar surface area (TPSA) is 109 Å². The number of carbonyl (C=O) groups excluding carboxylic acids is 1. The fourth-order valence-corrected chi connectivity index (χ4v) is 4.74. The van der Waals surface area contributed by atoms with Crippen LogP contribution in [0, 0.1) is 0 Å². The van der Waals surface area contributed by atoms with Crippen molar-refractivity contribution in [1.82, 2.24) is 15.3 Å². The summed E-state index contributed by atoms with van der Waals surface area (Å²) in [4.78, 5) is 30.5. The van der Waals surface area contributed by atoms with Gasteiger partial charge in [-0.3, -0.25) is 9.59 Å². The standard InChI is InChI=1S/C22H23N3O4S2/c1-2-16-8-10-18(11-9-16)31(28,29)19-14-24-22(25-21(19)27)30-15-20(26)23-13-12-17-6-4-3-5-7-17/h3-11,14H,2,12-13,15H2,1H3,(H,23,26)(H,24,25,27).